The summed E-state index contributed by atoms with van der Waals surface area (Å²) >= 11 is 0. The third-order valence-electron chi connectivity index (χ3n) is 6.36. The number of aliphatic hydroxyl groups excluding tert-OH is 1. The fraction of sp³-hybridized carbons (Fsp3) is 0.333. The van der Waals surface area contributed by atoms with Crippen molar-refractivity contribution in [1.29, 1.82) is 0 Å². The van der Waals surface area contributed by atoms with E-state index in [1.54, 1.807) is 88.4 Å². The van der Waals surface area contributed by atoms with Gasteiger partial charge in [-0.25, -0.2) is 4.79 Å². The summed E-state index contributed by atoms with van der Waals surface area (Å²) in [6, 6.07) is 18.6. The van der Waals surface area contributed by atoms with E-state index >= 15 is 0 Å². The predicted molar refractivity (Wildman–Crippen MR) is 157 cm³/mol. The van der Waals surface area contributed by atoms with E-state index in [1.807, 2.05) is 0 Å². The smallest absolute Gasteiger partial charge is 0.421 e. The van der Waals surface area contributed by atoms with Crippen molar-refractivity contribution in [2.24, 2.45) is 0 Å². The number of aliphatic hydroxyl groups is 1. The molecule has 234 valence electrons. The van der Waals surface area contributed by atoms with Crippen LogP contribution in [0.15, 0.2) is 71.1 Å². The van der Waals surface area contributed by atoms with E-state index in [9.17, 15) is 27.9 Å². The number of para-hydroxylation sites is 1. The van der Waals surface area contributed by atoms with Crippen LogP contribution in [-0.2, 0) is 33.8 Å². The SMILES string of the molecule is CCOC(=O)Cc1ccccc1OCc1cc(-c2cccc(CNC(=O)OC(C)(C)C)c2)c2oc(C(O)C(F)(F)F)cc2c1. The van der Waals surface area contributed by atoms with E-state index in [0.717, 1.165) is 6.07 Å². The summed E-state index contributed by atoms with van der Waals surface area (Å²) in [6.45, 7) is 7.38. The number of amides is 1. The van der Waals surface area contributed by atoms with Crippen LogP contribution >= 0.6 is 0 Å². The number of nitrogens with one attached hydrogen (secondary N) is 1. The average molecular weight is 614 g/mol. The Bertz CT molecular complexity index is 1620. The molecule has 0 aliphatic heterocycles. The van der Waals surface area contributed by atoms with Crippen LogP contribution in [0.3, 0.4) is 0 Å². The van der Waals surface area contributed by atoms with Crippen molar-refractivity contribution in [2.75, 3.05) is 6.61 Å². The third-order valence-corrected chi connectivity index (χ3v) is 6.36. The second-order valence-electron chi connectivity index (χ2n) is 11.1. The van der Waals surface area contributed by atoms with Crippen LogP contribution in [-0.4, -0.2) is 35.6 Å². The average Bonchev–Trinajstić information content (AvgIpc) is 3.38. The van der Waals surface area contributed by atoms with Gasteiger partial charge in [-0.05, 0) is 74.7 Å². The molecule has 2 N–H and O–H groups in total. The number of rotatable bonds is 10. The Morgan fingerprint density at radius 3 is 2.43 bits per heavy atom. The van der Waals surface area contributed by atoms with Crippen LogP contribution in [0.2, 0.25) is 0 Å². The summed E-state index contributed by atoms with van der Waals surface area (Å²) < 4.78 is 62.0. The van der Waals surface area contributed by atoms with Crippen LogP contribution < -0.4 is 10.1 Å². The molecule has 11 heteroatoms. The number of esters is 1. The van der Waals surface area contributed by atoms with Crippen LogP contribution in [0.4, 0.5) is 18.0 Å². The lowest BCUT2D eigenvalue weighted by molar-refractivity contribution is -0.211. The molecule has 1 heterocycles. The molecular formula is C33H34F3NO7. The Hall–Kier alpha value is -4.51. The Morgan fingerprint density at radius 2 is 1.73 bits per heavy atom. The van der Waals surface area contributed by atoms with Crippen molar-refractivity contribution in [1.82, 2.24) is 5.32 Å². The van der Waals surface area contributed by atoms with E-state index < -0.39 is 35.7 Å². The molecule has 4 aromatic rings. The lowest BCUT2D eigenvalue weighted by atomic mass is 9.98. The molecule has 0 aliphatic carbocycles. The third kappa shape index (κ3) is 8.53. The van der Waals surface area contributed by atoms with E-state index in [2.05, 4.69) is 5.32 Å². The molecule has 0 saturated carbocycles. The van der Waals surface area contributed by atoms with E-state index in [4.69, 9.17) is 18.6 Å². The van der Waals surface area contributed by atoms with Gasteiger partial charge in [-0.1, -0.05) is 36.4 Å². The summed E-state index contributed by atoms with van der Waals surface area (Å²) in [4.78, 5) is 24.2. The maximum absolute atomic E-state index is 13.3. The standard InChI is InChI=1S/C33H34F3NO7/c1-5-41-28(38)17-23-10-6-7-12-26(23)42-19-21-14-24-16-27(30(39)33(34,35)36)43-29(24)25(15-21)22-11-8-9-20(13-22)18-37-31(40)44-32(2,3)4/h6-16,30,39H,5,17-19H2,1-4H3,(H,37,40). The molecule has 0 radical (unpaired) electrons. The van der Waals surface area contributed by atoms with Crippen molar-refractivity contribution in [2.45, 2.75) is 65.1 Å². The molecule has 1 atom stereocenters. The number of carbonyl (C=O) groups excluding carboxylic acids is 2. The van der Waals surface area contributed by atoms with Gasteiger partial charge in [-0.3, -0.25) is 4.79 Å². The topological polar surface area (TPSA) is 107 Å². The largest absolute Gasteiger partial charge is 0.489 e. The molecule has 0 spiro atoms. The number of alkyl carbamates (subject to hydrolysis) is 1. The van der Waals surface area contributed by atoms with Gasteiger partial charge in [0.05, 0.1) is 13.0 Å². The molecule has 8 nitrogen and oxygen atoms in total. The molecular weight excluding hydrogens is 579 g/mol. The summed E-state index contributed by atoms with van der Waals surface area (Å²) in [7, 11) is 0. The number of halogens is 3. The van der Waals surface area contributed by atoms with E-state index in [-0.39, 0.29) is 31.8 Å². The molecule has 3 aromatic carbocycles. The van der Waals surface area contributed by atoms with Gasteiger partial charge in [0.25, 0.3) is 0 Å². The van der Waals surface area contributed by atoms with E-state index in [0.29, 0.717) is 39.0 Å². The molecule has 0 aliphatic rings. The highest BCUT2D eigenvalue weighted by molar-refractivity contribution is 5.94. The van der Waals surface area contributed by atoms with Gasteiger partial charge in [-0.2, -0.15) is 13.2 Å². The first-order valence-corrected chi connectivity index (χ1v) is 14.0. The number of hydrogen-bond donors (Lipinski definition) is 2. The van der Waals surface area contributed by atoms with Crippen molar-refractivity contribution in [3.8, 4) is 16.9 Å². The second-order valence-corrected chi connectivity index (χ2v) is 11.1. The maximum Gasteiger partial charge on any atom is 0.421 e. The number of ether oxygens (including phenoxy) is 3. The molecule has 1 amide bonds. The summed E-state index contributed by atoms with van der Waals surface area (Å²) in [5.74, 6) is -0.588. The van der Waals surface area contributed by atoms with Gasteiger partial charge in [0, 0.05) is 23.1 Å². The number of furan rings is 1. The number of hydrogen-bond acceptors (Lipinski definition) is 7. The predicted octanol–water partition coefficient (Wildman–Crippen LogP) is 7.40. The zero-order valence-corrected chi connectivity index (χ0v) is 24.8. The number of benzene rings is 3. The molecule has 0 bridgehead atoms. The zero-order chi connectivity index (χ0) is 32.1. The van der Waals surface area contributed by atoms with Crippen molar-refractivity contribution < 1.29 is 46.5 Å². The van der Waals surface area contributed by atoms with Crippen molar-refractivity contribution >= 4 is 23.0 Å². The van der Waals surface area contributed by atoms with Crippen LogP contribution in [0.1, 0.15) is 56.2 Å². The first-order valence-electron chi connectivity index (χ1n) is 14.0. The normalized spacial score (nSPS) is 12.5. The maximum atomic E-state index is 13.3. The highest BCUT2D eigenvalue weighted by Crippen LogP contribution is 2.39. The van der Waals surface area contributed by atoms with Gasteiger partial charge < -0.3 is 29.1 Å². The number of alkyl halides is 3. The van der Waals surface area contributed by atoms with Gasteiger partial charge in [0.2, 0.25) is 6.10 Å². The Kier molecular flexibility index (Phi) is 9.88. The van der Waals surface area contributed by atoms with Gasteiger partial charge in [-0.15, -0.1) is 0 Å². The lowest BCUT2D eigenvalue weighted by Crippen LogP contribution is -2.32. The first kappa shape index (κ1) is 32.4. The first-order chi connectivity index (χ1) is 20.7. The second kappa shape index (κ2) is 13.4. The van der Waals surface area contributed by atoms with Crippen molar-refractivity contribution in [3.63, 3.8) is 0 Å². The summed E-state index contributed by atoms with van der Waals surface area (Å²) in [6.07, 6.45) is -8.31. The Labute approximate surface area is 252 Å². The Morgan fingerprint density at radius 1 is 0.977 bits per heavy atom. The number of carbonyl (C=O) groups is 2. The molecule has 0 fully saturated rings. The fourth-order valence-corrected chi connectivity index (χ4v) is 4.49. The van der Waals surface area contributed by atoms with Gasteiger partial charge >= 0.3 is 18.2 Å². The van der Waals surface area contributed by atoms with E-state index in [1.165, 1.54) is 0 Å². The molecule has 44 heavy (non-hydrogen) atoms. The highest BCUT2D eigenvalue weighted by Gasteiger charge is 2.42. The van der Waals surface area contributed by atoms with Crippen LogP contribution in [0, 0.1) is 0 Å². The highest BCUT2D eigenvalue weighted by atomic mass is 19.4. The van der Waals surface area contributed by atoms with Crippen LogP contribution in [0.5, 0.6) is 5.75 Å². The summed E-state index contributed by atoms with van der Waals surface area (Å²) in [5.41, 5.74) is 2.47. The molecule has 1 unspecified atom stereocenters. The van der Waals surface area contributed by atoms with Crippen LogP contribution in [0.25, 0.3) is 22.1 Å². The number of fused-ring (bicyclic) bond motifs is 1. The zero-order valence-electron chi connectivity index (χ0n) is 24.8. The Balaban J connectivity index is 1.67. The summed E-state index contributed by atoms with van der Waals surface area (Å²) in [5, 5.41) is 12.9. The minimum absolute atomic E-state index is 0.0127. The van der Waals surface area contributed by atoms with Gasteiger partial charge in [0.15, 0.2) is 0 Å². The van der Waals surface area contributed by atoms with Crippen molar-refractivity contribution in [3.05, 3.63) is 89.2 Å². The quantitative estimate of drug-likeness (QED) is 0.180. The van der Waals surface area contributed by atoms with Gasteiger partial charge in [0.1, 0.15) is 29.3 Å². The minimum Gasteiger partial charge on any atom is -0.489 e. The molecule has 4 rings (SSSR count). The monoisotopic (exact) mass is 613 g/mol. The lowest BCUT2D eigenvalue weighted by Gasteiger charge is -2.19. The molecule has 1 aromatic heterocycles. The fourth-order valence-electron chi connectivity index (χ4n) is 4.49. The molecule has 0 saturated heterocycles. The minimum atomic E-state index is -4.92.